The number of thiocarbonyl (C=S) groups is 1. The van der Waals surface area contributed by atoms with Crippen LogP contribution in [0.1, 0.15) is 40.3 Å². The Labute approximate surface area is 223 Å². The number of hydrogen-bond acceptors (Lipinski definition) is 3. The number of nitrogens with zero attached hydrogens (tertiary/aromatic N) is 4. The Bertz CT molecular complexity index is 1410. The van der Waals surface area contributed by atoms with Gasteiger partial charge in [-0.25, -0.2) is 0 Å². The van der Waals surface area contributed by atoms with Gasteiger partial charge in [0.1, 0.15) is 0 Å². The van der Waals surface area contributed by atoms with Crippen LogP contribution in [-0.2, 0) is 0 Å². The van der Waals surface area contributed by atoms with Crippen molar-refractivity contribution in [1.29, 1.82) is 0 Å². The van der Waals surface area contributed by atoms with Crippen molar-refractivity contribution >= 4 is 40.3 Å². The van der Waals surface area contributed by atoms with E-state index < -0.39 is 0 Å². The van der Waals surface area contributed by atoms with Crippen LogP contribution in [0.4, 0.5) is 11.4 Å². The van der Waals surface area contributed by atoms with Gasteiger partial charge in [-0.2, -0.15) is 0 Å². The van der Waals surface area contributed by atoms with Crippen molar-refractivity contribution in [3.05, 3.63) is 106 Å². The second-order valence-corrected chi connectivity index (χ2v) is 10.3. The Morgan fingerprint density at radius 2 is 1.72 bits per heavy atom. The van der Waals surface area contributed by atoms with Gasteiger partial charge in [0.15, 0.2) is 5.11 Å². The molecule has 1 fully saturated rings. The lowest BCUT2D eigenvalue weighted by molar-refractivity contribution is 0.565. The van der Waals surface area contributed by atoms with E-state index in [0.717, 1.165) is 39.2 Å². The fourth-order valence-electron chi connectivity index (χ4n) is 5.14. The lowest BCUT2D eigenvalue weighted by atomic mass is 9.96. The lowest BCUT2D eigenvalue weighted by Gasteiger charge is -2.28. The van der Waals surface area contributed by atoms with Crippen molar-refractivity contribution in [2.45, 2.75) is 32.9 Å². The van der Waals surface area contributed by atoms with Crippen LogP contribution in [0.5, 0.6) is 0 Å². The maximum absolute atomic E-state index is 6.41. The van der Waals surface area contributed by atoms with Gasteiger partial charge in [-0.3, -0.25) is 4.98 Å². The van der Waals surface area contributed by atoms with Gasteiger partial charge in [0.05, 0.1) is 17.8 Å². The first kappa shape index (κ1) is 24.3. The standard InChI is InChI=1S/C29H30ClN5S/c1-18-9-10-21(30)17-26(18)34-19(2)16-24(20(34)3)28-27(25-8-6-7-15-31-25)32-29(36)35(28)23-13-11-22(12-14-23)33(4)5/h6-17,27-28H,1-5H3,(H,32,36). The van der Waals surface area contributed by atoms with Gasteiger partial charge < -0.3 is 19.7 Å². The zero-order valence-corrected chi connectivity index (χ0v) is 22.7. The molecule has 0 spiro atoms. The van der Waals surface area contributed by atoms with E-state index in [1.807, 2.05) is 44.6 Å². The van der Waals surface area contributed by atoms with Crippen LogP contribution in [0, 0.1) is 20.8 Å². The summed E-state index contributed by atoms with van der Waals surface area (Å²) in [5.41, 5.74) is 8.92. The SMILES string of the molecule is Cc1ccc(Cl)cc1-n1c(C)cc(C2C(c3ccccn3)NC(=S)N2c2ccc(N(C)C)cc2)c1C. The highest BCUT2D eigenvalue weighted by Gasteiger charge is 2.42. The molecule has 2 aromatic carbocycles. The summed E-state index contributed by atoms with van der Waals surface area (Å²) < 4.78 is 2.29. The molecule has 0 saturated carbocycles. The van der Waals surface area contributed by atoms with Gasteiger partial charge in [-0.15, -0.1) is 0 Å². The molecule has 5 nitrogen and oxygen atoms in total. The molecule has 1 N–H and O–H groups in total. The van der Waals surface area contributed by atoms with E-state index in [4.69, 9.17) is 28.8 Å². The molecule has 3 heterocycles. The fraction of sp³-hybridized carbons (Fsp3) is 0.241. The second kappa shape index (κ2) is 9.60. The minimum absolute atomic E-state index is 0.0722. The predicted molar refractivity (Wildman–Crippen MR) is 154 cm³/mol. The van der Waals surface area contributed by atoms with E-state index in [9.17, 15) is 0 Å². The van der Waals surface area contributed by atoms with E-state index in [1.54, 1.807) is 0 Å². The number of aromatic nitrogens is 2. The van der Waals surface area contributed by atoms with Gasteiger partial charge in [-0.1, -0.05) is 23.7 Å². The van der Waals surface area contributed by atoms with E-state index in [2.05, 4.69) is 82.9 Å². The topological polar surface area (TPSA) is 36.3 Å². The maximum Gasteiger partial charge on any atom is 0.174 e. The Balaban J connectivity index is 1.67. The van der Waals surface area contributed by atoms with Crippen molar-refractivity contribution in [3.63, 3.8) is 0 Å². The molecular formula is C29H30ClN5S. The van der Waals surface area contributed by atoms with E-state index in [-0.39, 0.29) is 12.1 Å². The zero-order valence-electron chi connectivity index (χ0n) is 21.2. The maximum atomic E-state index is 6.41. The molecule has 1 saturated heterocycles. The van der Waals surface area contributed by atoms with Crippen molar-refractivity contribution < 1.29 is 0 Å². The molecule has 7 heteroatoms. The quantitative estimate of drug-likeness (QED) is 0.299. The Hall–Kier alpha value is -3.35. The largest absolute Gasteiger partial charge is 0.378 e. The average molecular weight is 516 g/mol. The summed E-state index contributed by atoms with van der Waals surface area (Å²) in [4.78, 5) is 9.02. The molecule has 184 valence electrons. The predicted octanol–water partition coefficient (Wildman–Crippen LogP) is 6.69. The average Bonchev–Trinajstić information content (AvgIpc) is 3.36. The number of rotatable bonds is 5. The Morgan fingerprint density at radius 1 is 0.972 bits per heavy atom. The first-order chi connectivity index (χ1) is 17.3. The van der Waals surface area contributed by atoms with Crippen molar-refractivity contribution in [2.75, 3.05) is 23.9 Å². The number of pyridine rings is 1. The number of aryl methyl sites for hydroxylation is 2. The normalized spacial score (nSPS) is 17.4. The molecule has 0 aliphatic carbocycles. The van der Waals surface area contributed by atoms with Crippen molar-refractivity contribution in [1.82, 2.24) is 14.9 Å². The van der Waals surface area contributed by atoms with Crippen molar-refractivity contribution in [2.24, 2.45) is 0 Å². The Kier molecular flexibility index (Phi) is 6.49. The van der Waals surface area contributed by atoms with Gasteiger partial charge in [0, 0.05) is 53.8 Å². The van der Waals surface area contributed by atoms with Gasteiger partial charge in [0.2, 0.25) is 0 Å². The van der Waals surface area contributed by atoms with E-state index in [1.165, 1.54) is 11.1 Å². The molecule has 4 aromatic rings. The molecule has 0 amide bonds. The number of benzene rings is 2. The molecule has 1 aliphatic rings. The van der Waals surface area contributed by atoms with Gasteiger partial charge in [0.25, 0.3) is 0 Å². The van der Waals surface area contributed by atoms with Crippen LogP contribution in [-0.4, -0.2) is 28.8 Å². The van der Waals surface area contributed by atoms with Gasteiger partial charge in [-0.05, 0) is 98.7 Å². The molecule has 0 bridgehead atoms. The van der Waals surface area contributed by atoms with Crippen LogP contribution >= 0.6 is 23.8 Å². The number of hydrogen-bond donors (Lipinski definition) is 1. The third kappa shape index (κ3) is 4.25. The van der Waals surface area contributed by atoms with Crippen LogP contribution in [0.15, 0.2) is 72.9 Å². The highest BCUT2D eigenvalue weighted by Crippen LogP contribution is 2.44. The van der Waals surface area contributed by atoms with Crippen LogP contribution < -0.4 is 15.1 Å². The molecule has 2 unspecified atom stereocenters. The van der Waals surface area contributed by atoms with Gasteiger partial charge >= 0.3 is 0 Å². The zero-order chi connectivity index (χ0) is 25.6. The van der Waals surface area contributed by atoms with E-state index in [0.29, 0.717) is 5.11 Å². The lowest BCUT2D eigenvalue weighted by Crippen LogP contribution is -2.29. The van der Waals surface area contributed by atoms with Crippen molar-refractivity contribution in [3.8, 4) is 5.69 Å². The summed E-state index contributed by atoms with van der Waals surface area (Å²) in [6.45, 7) is 6.43. The molecule has 2 atom stereocenters. The molecule has 2 aromatic heterocycles. The first-order valence-electron chi connectivity index (χ1n) is 12.0. The minimum atomic E-state index is -0.0957. The molecule has 36 heavy (non-hydrogen) atoms. The fourth-order valence-corrected chi connectivity index (χ4v) is 5.65. The highest BCUT2D eigenvalue weighted by atomic mass is 35.5. The monoisotopic (exact) mass is 515 g/mol. The second-order valence-electron chi connectivity index (χ2n) is 9.50. The number of anilines is 2. The third-order valence-electron chi connectivity index (χ3n) is 6.94. The Morgan fingerprint density at radius 3 is 2.39 bits per heavy atom. The molecule has 1 aliphatic heterocycles. The summed E-state index contributed by atoms with van der Waals surface area (Å²) in [5, 5.41) is 4.99. The van der Waals surface area contributed by atoms with Crippen LogP contribution in [0.2, 0.25) is 5.02 Å². The first-order valence-corrected chi connectivity index (χ1v) is 12.8. The molecule has 5 rings (SSSR count). The van der Waals surface area contributed by atoms with E-state index >= 15 is 0 Å². The summed E-state index contributed by atoms with van der Waals surface area (Å²) in [6, 6.07) is 22.7. The summed E-state index contributed by atoms with van der Waals surface area (Å²) in [7, 11) is 4.09. The minimum Gasteiger partial charge on any atom is -0.378 e. The third-order valence-corrected chi connectivity index (χ3v) is 7.49. The smallest absolute Gasteiger partial charge is 0.174 e. The highest BCUT2D eigenvalue weighted by molar-refractivity contribution is 7.80. The van der Waals surface area contributed by atoms with Crippen LogP contribution in [0.3, 0.4) is 0 Å². The number of halogens is 1. The summed E-state index contributed by atoms with van der Waals surface area (Å²) in [6.07, 6.45) is 1.84. The van der Waals surface area contributed by atoms with Crippen LogP contribution in [0.25, 0.3) is 5.69 Å². The number of nitrogens with one attached hydrogen (secondary N) is 1. The molecule has 0 radical (unpaired) electrons. The summed E-state index contributed by atoms with van der Waals surface area (Å²) in [5.74, 6) is 0. The summed E-state index contributed by atoms with van der Waals surface area (Å²) >= 11 is 12.3. The molecular weight excluding hydrogens is 486 g/mol.